The van der Waals surface area contributed by atoms with Gasteiger partial charge < -0.3 is 15.2 Å². The molecule has 0 bridgehead atoms. The van der Waals surface area contributed by atoms with Gasteiger partial charge in [-0.3, -0.25) is 4.79 Å². The number of esters is 1. The average Bonchev–Trinajstić information content (AvgIpc) is 2.69. The lowest BCUT2D eigenvalue weighted by molar-refractivity contribution is -0.137. The number of aliphatic hydroxyl groups excluding tert-OH is 1. The van der Waals surface area contributed by atoms with E-state index in [0.717, 1.165) is 41.3 Å². The van der Waals surface area contributed by atoms with Crippen LogP contribution in [0.25, 0.3) is 16.6 Å². The lowest BCUT2D eigenvalue weighted by atomic mass is 9.84. The normalized spacial score (nSPS) is 20.8. The van der Waals surface area contributed by atoms with Crippen molar-refractivity contribution in [1.82, 2.24) is 10.3 Å². The van der Waals surface area contributed by atoms with Crippen LogP contribution in [0.3, 0.4) is 0 Å². The van der Waals surface area contributed by atoms with Gasteiger partial charge in [0.1, 0.15) is 12.4 Å². The summed E-state index contributed by atoms with van der Waals surface area (Å²) in [6.45, 7) is 4.95. The maximum absolute atomic E-state index is 14.5. The minimum absolute atomic E-state index is 0.146. The van der Waals surface area contributed by atoms with E-state index in [9.17, 15) is 19.1 Å². The first-order chi connectivity index (χ1) is 14.3. The summed E-state index contributed by atoms with van der Waals surface area (Å²) >= 11 is 0. The van der Waals surface area contributed by atoms with Gasteiger partial charge in [0.2, 0.25) is 0 Å². The quantitative estimate of drug-likeness (QED) is 0.587. The molecule has 1 aromatic heterocycles. The Morgan fingerprint density at radius 3 is 2.63 bits per heavy atom. The SMILES string of the molecule is Cc1c(F)cc2nc(/C3=C/C(=O)OC/C(=C\[C@H](C)O)C(=O)N3)c(C)c3c2c1CCC3. The van der Waals surface area contributed by atoms with E-state index in [-0.39, 0.29) is 23.7 Å². The van der Waals surface area contributed by atoms with Gasteiger partial charge in [-0.05, 0) is 68.4 Å². The molecule has 1 atom stereocenters. The summed E-state index contributed by atoms with van der Waals surface area (Å²) in [6.07, 6.45) is 4.16. The van der Waals surface area contributed by atoms with E-state index >= 15 is 0 Å². The number of carbonyl (C=O) groups excluding carboxylic acids is 2. The summed E-state index contributed by atoms with van der Waals surface area (Å²) in [6, 6.07) is 1.41. The van der Waals surface area contributed by atoms with Crippen LogP contribution in [0, 0.1) is 19.7 Å². The maximum atomic E-state index is 14.5. The van der Waals surface area contributed by atoms with Crippen molar-refractivity contribution in [2.24, 2.45) is 0 Å². The first-order valence-corrected chi connectivity index (χ1v) is 9.96. The van der Waals surface area contributed by atoms with Crippen LogP contribution in [-0.4, -0.2) is 34.7 Å². The minimum atomic E-state index is -0.870. The van der Waals surface area contributed by atoms with E-state index in [0.29, 0.717) is 16.8 Å². The second-order valence-electron chi connectivity index (χ2n) is 7.83. The van der Waals surface area contributed by atoms with Crippen molar-refractivity contribution >= 4 is 28.5 Å². The molecule has 0 spiro atoms. The first kappa shape index (κ1) is 20.2. The number of benzene rings is 1. The molecule has 0 saturated carbocycles. The Morgan fingerprint density at radius 1 is 1.23 bits per heavy atom. The smallest absolute Gasteiger partial charge is 0.333 e. The number of carbonyl (C=O) groups is 2. The summed E-state index contributed by atoms with van der Waals surface area (Å²) in [5.74, 6) is -1.43. The van der Waals surface area contributed by atoms with E-state index in [1.807, 2.05) is 6.92 Å². The Labute approximate surface area is 173 Å². The number of aliphatic hydroxyl groups is 1. The number of ether oxygens (including phenoxy) is 1. The van der Waals surface area contributed by atoms with Gasteiger partial charge in [0.05, 0.1) is 28.6 Å². The van der Waals surface area contributed by atoms with Crippen LogP contribution in [-0.2, 0) is 27.2 Å². The van der Waals surface area contributed by atoms with Gasteiger partial charge in [-0.25, -0.2) is 14.2 Å². The number of rotatable bonds is 2. The molecule has 1 amide bonds. The molecule has 2 aliphatic rings. The second-order valence-corrected chi connectivity index (χ2v) is 7.83. The largest absolute Gasteiger partial charge is 0.457 e. The van der Waals surface area contributed by atoms with E-state index in [1.165, 1.54) is 25.1 Å². The van der Waals surface area contributed by atoms with Gasteiger partial charge in [0, 0.05) is 17.5 Å². The zero-order valence-electron chi connectivity index (χ0n) is 17.1. The number of aryl methyl sites for hydroxylation is 2. The summed E-state index contributed by atoms with van der Waals surface area (Å²) in [5.41, 5.74) is 4.79. The summed E-state index contributed by atoms with van der Waals surface area (Å²) in [5, 5.41) is 13.3. The number of amides is 1. The van der Waals surface area contributed by atoms with Crippen molar-refractivity contribution in [1.29, 1.82) is 0 Å². The lowest BCUT2D eigenvalue weighted by Crippen LogP contribution is -2.30. The zero-order chi connectivity index (χ0) is 21.6. The molecule has 6 nitrogen and oxygen atoms in total. The number of aromatic nitrogens is 1. The van der Waals surface area contributed by atoms with Crippen LogP contribution >= 0.6 is 0 Å². The van der Waals surface area contributed by atoms with Crippen LogP contribution in [0.1, 0.15) is 41.3 Å². The summed E-state index contributed by atoms with van der Waals surface area (Å²) in [4.78, 5) is 29.5. The minimum Gasteiger partial charge on any atom is -0.457 e. The highest BCUT2D eigenvalue weighted by Gasteiger charge is 2.25. The van der Waals surface area contributed by atoms with Crippen LogP contribution in [0.2, 0.25) is 0 Å². The molecule has 0 unspecified atom stereocenters. The highest BCUT2D eigenvalue weighted by molar-refractivity contribution is 6.04. The molecule has 1 aliphatic carbocycles. The Balaban J connectivity index is 1.89. The summed E-state index contributed by atoms with van der Waals surface area (Å²) in [7, 11) is 0. The molecule has 2 heterocycles. The van der Waals surface area contributed by atoms with Crippen LogP contribution in [0.15, 0.2) is 23.8 Å². The van der Waals surface area contributed by atoms with Crippen molar-refractivity contribution in [2.75, 3.05) is 6.61 Å². The van der Waals surface area contributed by atoms with Gasteiger partial charge in [0.25, 0.3) is 5.91 Å². The molecule has 2 N–H and O–H groups in total. The third-order valence-corrected chi connectivity index (χ3v) is 5.70. The molecule has 0 saturated heterocycles. The number of pyridine rings is 1. The fraction of sp³-hybridized carbons (Fsp3) is 0.348. The fourth-order valence-electron chi connectivity index (χ4n) is 4.23. The monoisotopic (exact) mass is 410 g/mol. The van der Waals surface area contributed by atoms with Crippen LogP contribution in [0.5, 0.6) is 0 Å². The van der Waals surface area contributed by atoms with E-state index in [1.54, 1.807) is 6.92 Å². The summed E-state index contributed by atoms with van der Waals surface area (Å²) < 4.78 is 19.6. The zero-order valence-corrected chi connectivity index (χ0v) is 17.1. The molecule has 30 heavy (non-hydrogen) atoms. The van der Waals surface area contributed by atoms with Gasteiger partial charge >= 0.3 is 5.97 Å². The standard InChI is InChI=1S/C23H23FN2O4/c1-11(27)7-14-10-30-20(28)9-19(26-23(14)29)22-13(3)16-6-4-5-15-12(2)17(24)8-18(25-22)21(15)16/h7-9,11,27H,4-6,10H2,1-3H3,(H,26,29)/b14-7+,19-9-/t11-/m0/s1. The maximum Gasteiger partial charge on any atom is 0.333 e. The average molecular weight is 410 g/mol. The Kier molecular flexibility index (Phi) is 5.15. The van der Waals surface area contributed by atoms with E-state index in [4.69, 9.17) is 4.74 Å². The van der Waals surface area contributed by atoms with Crippen molar-refractivity contribution < 1.29 is 23.8 Å². The molecule has 0 radical (unpaired) electrons. The molecule has 156 valence electrons. The van der Waals surface area contributed by atoms with Gasteiger partial charge in [0.15, 0.2) is 0 Å². The van der Waals surface area contributed by atoms with Crippen LogP contribution < -0.4 is 5.32 Å². The number of cyclic esters (lactones) is 1. The van der Waals surface area contributed by atoms with Crippen molar-refractivity contribution in [3.63, 3.8) is 0 Å². The van der Waals surface area contributed by atoms with E-state index in [2.05, 4.69) is 10.3 Å². The molecular formula is C23H23FN2O4. The molecule has 1 aromatic carbocycles. The van der Waals surface area contributed by atoms with Gasteiger partial charge in [-0.2, -0.15) is 0 Å². The van der Waals surface area contributed by atoms with Crippen molar-refractivity contribution in [3.8, 4) is 0 Å². The molecule has 4 rings (SSSR count). The van der Waals surface area contributed by atoms with Crippen LogP contribution in [0.4, 0.5) is 4.39 Å². The Bertz CT molecular complexity index is 1150. The molecule has 0 fully saturated rings. The number of hydrogen-bond acceptors (Lipinski definition) is 5. The molecular weight excluding hydrogens is 387 g/mol. The Morgan fingerprint density at radius 2 is 1.93 bits per heavy atom. The van der Waals surface area contributed by atoms with E-state index < -0.39 is 18.0 Å². The second kappa shape index (κ2) is 7.65. The third kappa shape index (κ3) is 3.50. The predicted molar refractivity (Wildman–Crippen MR) is 110 cm³/mol. The highest BCUT2D eigenvalue weighted by atomic mass is 19.1. The third-order valence-electron chi connectivity index (χ3n) is 5.70. The van der Waals surface area contributed by atoms with Crippen molar-refractivity contribution in [2.45, 2.75) is 46.1 Å². The fourth-order valence-corrected chi connectivity index (χ4v) is 4.23. The highest BCUT2D eigenvalue weighted by Crippen LogP contribution is 2.36. The molecule has 2 aromatic rings. The number of hydrogen-bond donors (Lipinski definition) is 2. The number of nitrogens with one attached hydrogen (secondary N) is 1. The lowest BCUT2D eigenvalue weighted by Gasteiger charge is -2.24. The topological polar surface area (TPSA) is 88.5 Å². The Hall–Kier alpha value is -3.06. The first-order valence-electron chi connectivity index (χ1n) is 9.96. The predicted octanol–water partition coefficient (Wildman–Crippen LogP) is 2.80. The molecule has 7 heteroatoms. The van der Waals surface area contributed by atoms with Crippen molar-refractivity contribution in [3.05, 3.63) is 57.6 Å². The van der Waals surface area contributed by atoms with Gasteiger partial charge in [-0.1, -0.05) is 0 Å². The number of halogens is 1. The molecule has 1 aliphatic heterocycles. The van der Waals surface area contributed by atoms with Gasteiger partial charge in [-0.15, -0.1) is 0 Å². The number of nitrogens with zero attached hydrogens (tertiary/aromatic N) is 1.